The lowest BCUT2D eigenvalue weighted by Gasteiger charge is -2.02. The number of nitrogens with one attached hydrogen (secondary N) is 1. The predicted molar refractivity (Wildman–Crippen MR) is 51.3 cm³/mol. The van der Waals surface area contributed by atoms with Crippen LogP contribution in [0.4, 0.5) is 5.69 Å². The highest BCUT2D eigenvalue weighted by Gasteiger charge is 2.11. The highest BCUT2D eigenvalue weighted by atomic mass is 79.9. The highest BCUT2D eigenvalue weighted by molar-refractivity contribution is 9.08. The summed E-state index contributed by atoms with van der Waals surface area (Å²) in [5, 5.41) is 4.32. The van der Waals surface area contributed by atoms with Crippen molar-refractivity contribution in [3.8, 4) is 0 Å². The average molecular weight is 212 g/mol. The van der Waals surface area contributed by atoms with E-state index in [4.69, 9.17) is 0 Å². The van der Waals surface area contributed by atoms with Gasteiger partial charge in [-0.25, -0.2) is 0 Å². The summed E-state index contributed by atoms with van der Waals surface area (Å²) in [6, 6.07) is 6.43. The monoisotopic (exact) mass is 211 g/mol. The minimum absolute atomic E-state index is 0.970. The summed E-state index contributed by atoms with van der Waals surface area (Å²) < 4.78 is 0. The topological polar surface area (TPSA) is 12.0 Å². The number of anilines is 1. The van der Waals surface area contributed by atoms with Gasteiger partial charge < -0.3 is 5.32 Å². The van der Waals surface area contributed by atoms with Gasteiger partial charge >= 0.3 is 0 Å². The summed E-state index contributed by atoms with van der Waals surface area (Å²) in [4.78, 5) is 0. The van der Waals surface area contributed by atoms with Crippen LogP contribution < -0.4 is 5.32 Å². The first-order valence-electron chi connectivity index (χ1n) is 3.82. The molecule has 0 amide bonds. The van der Waals surface area contributed by atoms with E-state index < -0.39 is 0 Å². The van der Waals surface area contributed by atoms with Crippen LogP contribution in [-0.2, 0) is 11.8 Å². The van der Waals surface area contributed by atoms with Gasteiger partial charge in [-0.3, -0.25) is 0 Å². The number of hydrogen-bond donors (Lipinski definition) is 1. The predicted octanol–water partition coefficient (Wildman–Crippen LogP) is 2.55. The molecule has 0 atom stereocenters. The van der Waals surface area contributed by atoms with Crippen LogP contribution in [0.3, 0.4) is 0 Å². The summed E-state index contributed by atoms with van der Waals surface area (Å²) in [6.45, 7) is 1.10. The van der Waals surface area contributed by atoms with Crippen molar-refractivity contribution in [3.63, 3.8) is 0 Å². The van der Waals surface area contributed by atoms with Gasteiger partial charge in [0.15, 0.2) is 0 Å². The Morgan fingerprint density at radius 3 is 3.18 bits per heavy atom. The van der Waals surface area contributed by atoms with Crippen LogP contribution in [-0.4, -0.2) is 6.54 Å². The molecule has 1 nitrogen and oxygen atoms in total. The Morgan fingerprint density at radius 2 is 2.36 bits per heavy atom. The number of benzene rings is 1. The molecule has 0 radical (unpaired) electrons. The smallest absolute Gasteiger partial charge is 0.0376 e. The van der Waals surface area contributed by atoms with Crippen LogP contribution in [0.5, 0.6) is 0 Å². The molecule has 2 heteroatoms. The van der Waals surface area contributed by atoms with Crippen LogP contribution in [0.15, 0.2) is 18.2 Å². The Hall–Kier alpha value is -0.500. The van der Waals surface area contributed by atoms with E-state index in [0.29, 0.717) is 0 Å². The molecule has 0 saturated carbocycles. The maximum Gasteiger partial charge on any atom is 0.0376 e. The third-order valence-electron chi connectivity index (χ3n) is 2.11. The van der Waals surface area contributed by atoms with E-state index in [2.05, 4.69) is 39.4 Å². The minimum atomic E-state index is 0.970. The van der Waals surface area contributed by atoms with Crippen molar-refractivity contribution in [3.05, 3.63) is 29.3 Å². The summed E-state index contributed by atoms with van der Waals surface area (Å²) >= 11 is 3.48. The van der Waals surface area contributed by atoms with Crippen molar-refractivity contribution in [1.82, 2.24) is 0 Å². The van der Waals surface area contributed by atoms with Gasteiger partial charge in [0.25, 0.3) is 0 Å². The molecule has 1 aliphatic heterocycles. The number of fused-ring (bicyclic) bond motifs is 1. The molecule has 0 bridgehead atoms. The van der Waals surface area contributed by atoms with Crippen LogP contribution >= 0.6 is 15.9 Å². The van der Waals surface area contributed by atoms with Crippen molar-refractivity contribution in [1.29, 1.82) is 0 Å². The molecule has 0 unspecified atom stereocenters. The Kier molecular flexibility index (Phi) is 1.86. The molecular weight excluding hydrogens is 202 g/mol. The van der Waals surface area contributed by atoms with Gasteiger partial charge in [-0.05, 0) is 23.6 Å². The van der Waals surface area contributed by atoms with Crippen LogP contribution in [0.1, 0.15) is 11.1 Å². The van der Waals surface area contributed by atoms with E-state index in [9.17, 15) is 0 Å². The van der Waals surface area contributed by atoms with Crippen LogP contribution in [0.25, 0.3) is 0 Å². The molecule has 0 aliphatic carbocycles. The number of alkyl halides is 1. The second-order valence-electron chi connectivity index (χ2n) is 2.75. The van der Waals surface area contributed by atoms with E-state index in [-0.39, 0.29) is 0 Å². The lowest BCUT2D eigenvalue weighted by atomic mass is 10.1. The van der Waals surface area contributed by atoms with Crippen molar-refractivity contribution in [2.45, 2.75) is 11.8 Å². The highest BCUT2D eigenvalue weighted by Crippen LogP contribution is 2.26. The van der Waals surface area contributed by atoms with Crippen molar-refractivity contribution >= 4 is 21.6 Å². The molecule has 0 fully saturated rings. The molecule has 1 heterocycles. The maximum atomic E-state index is 3.48. The van der Waals surface area contributed by atoms with Gasteiger partial charge in [0.05, 0.1) is 0 Å². The van der Waals surface area contributed by atoms with Crippen molar-refractivity contribution in [2.75, 3.05) is 11.9 Å². The van der Waals surface area contributed by atoms with Crippen LogP contribution in [0, 0.1) is 0 Å². The molecular formula is C9H10BrN. The van der Waals surface area contributed by atoms with Gasteiger partial charge in [-0.15, -0.1) is 0 Å². The Morgan fingerprint density at radius 1 is 1.45 bits per heavy atom. The first kappa shape index (κ1) is 7.17. The fourth-order valence-corrected chi connectivity index (χ4v) is 2.07. The molecule has 11 heavy (non-hydrogen) atoms. The maximum absolute atomic E-state index is 3.48. The van der Waals surface area contributed by atoms with E-state index in [0.717, 1.165) is 11.9 Å². The van der Waals surface area contributed by atoms with Gasteiger partial charge in [0.2, 0.25) is 0 Å². The number of hydrogen-bond acceptors (Lipinski definition) is 1. The molecule has 1 aromatic rings. The second kappa shape index (κ2) is 2.86. The second-order valence-corrected chi connectivity index (χ2v) is 3.31. The Labute approximate surface area is 74.9 Å². The standard InChI is InChI=1S/C9H10BrN/c10-6-7-2-1-3-9-8(7)4-5-11-9/h1-3,11H,4-6H2. The van der Waals surface area contributed by atoms with Crippen LogP contribution in [0.2, 0.25) is 0 Å². The van der Waals surface area contributed by atoms with Gasteiger partial charge in [-0.1, -0.05) is 28.1 Å². The Balaban J connectivity index is 2.50. The minimum Gasteiger partial charge on any atom is -0.384 e. The van der Waals surface area contributed by atoms with Gasteiger partial charge in [-0.2, -0.15) is 0 Å². The lowest BCUT2D eigenvalue weighted by Crippen LogP contribution is -1.90. The van der Waals surface area contributed by atoms with E-state index in [1.165, 1.54) is 23.2 Å². The van der Waals surface area contributed by atoms with E-state index in [1.807, 2.05) is 0 Å². The first-order chi connectivity index (χ1) is 5.42. The Bertz CT molecular complexity index is 270. The molecule has 1 aliphatic rings. The lowest BCUT2D eigenvalue weighted by molar-refractivity contribution is 1.09. The largest absolute Gasteiger partial charge is 0.384 e. The first-order valence-corrected chi connectivity index (χ1v) is 4.94. The summed E-state index contributed by atoms with van der Waals surface area (Å²) in [5.74, 6) is 0. The molecule has 1 N–H and O–H groups in total. The zero-order valence-corrected chi connectivity index (χ0v) is 7.82. The summed E-state index contributed by atoms with van der Waals surface area (Å²) in [5.41, 5.74) is 4.24. The quantitative estimate of drug-likeness (QED) is 0.705. The van der Waals surface area contributed by atoms with E-state index >= 15 is 0 Å². The van der Waals surface area contributed by atoms with Gasteiger partial charge in [0, 0.05) is 17.6 Å². The van der Waals surface area contributed by atoms with Crippen molar-refractivity contribution < 1.29 is 0 Å². The third kappa shape index (κ3) is 1.16. The number of rotatable bonds is 1. The van der Waals surface area contributed by atoms with Crippen molar-refractivity contribution in [2.24, 2.45) is 0 Å². The third-order valence-corrected chi connectivity index (χ3v) is 2.71. The molecule has 0 saturated heterocycles. The van der Waals surface area contributed by atoms with E-state index in [1.54, 1.807) is 0 Å². The fourth-order valence-electron chi connectivity index (χ4n) is 1.54. The summed E-state index contributed by atoms with van der Waals surface area (Å²) in [7, 11) is 0. The SMILES string of the molecule is BrCc1cccc2c1CCN2. The molecule has 0 aromatic heterocycles. The summed E-state index contributed by atoms with van der Waals surface area (Å²) in [6.07, 6.45) is 1.18. The normalized spacial score (nSPS) is 14.3. The number of halogens is 1. The molecule has 58 valence electrons. The zero-order valence-electron chi connectivity index (χ0n) is 6.23. The fraction of sp³-hybridized carbons (Fsp3) is 0.333. The molecule has 2 rings (SSSR count). The molecule has 1 aromatic carbocycles. The average Bonchev–Trinajstić information content (AvgIpc) is 2.50. The zero-order chi connectivity index (χ0) is 7.68. The van der Waals surface area contributed by atoms with Gasteiger partial charge in [0.1, 0.15) is 0 Å². The molecule has 0 spiro atoms.